The first-order valence-electron chi connectivity index (χ1n) is 6.35. The Balaban J connectivity index is 2.02. The maximum absolute atomic E-state index is 12.3. The Kier molecular flexibility index (Phi) is 4.82. The van der Waals surface area contributed by atoms with Crippen LogP contribution in [0.25, 0.3) is 0 Å². The van der Waals surface area contributed by atoms with E-state index in [0.29, 0.717) is 19.6 Å². The number of carbonyl (C=O) groups excluding carboxylic acids is 1. The fourth-order valence-corrected chi connectivity index (χ4v) is 2.59. The second kappa shape index (κ2) is 6.39. The van der Waals surface area contributed by atoms with Crippen LogP contribution in [0.15, 0.2) is 24.3 Å². The summed E-state index contributed by atoms with van der Waals surface area (Å²) < 4.78 is 5.61. The Morgan fingerprint density at radius 2 is 2.37 bits per heavy atom. The van der Waals surface area contributed by atoms with E-state index >= 15 is 0 Å². The normalized spacial score (nSPS) is 23.4. The summed E-state index contributed by atoms with van der Waals surface area (Å²) in [6.07, 6.45) is 0.373. The van der Waals surface area contributed by atoms with Gasteiger partial charge in [0.25, 0.3) is 0 Å². The van der Waals surface area contributed by atoms with Crippen molar-refractivity contribution in [2.45, 2.75) is 25.5 Å². The van der Waals surface area contributed by atoms with Gasteiger partial charge in [-0.2, -0.15) is 0 Å². The lowest BCUT2D eigenvalue weighted by molar-refractivity contribution is -0.142. The Hall–Kier alpha value is -1.07. The molecule has 0 bridgehead atoms. The Bertz CT molecular complexity index is 452. The molecule has 1 aromatic rings. The predicted octanol–water partition coefficient (Wildman–Crippen LogP) is 1.95. The Labute approximate surface area is 121 Å². The number of morpholine rings is 1. The lowest BCUT2D eigenvalue weighted by atomic mass is 10.1. The van der Waals surface area contributed by atoms with Crippen LogP contribution in [0.3, 0.4) is 0 Å². The third-order valence-corrected chi connectivity index (χ3v) is 3.99. The van der Waals surface area contributed by atoms with E-state index in [1.54, 1.807) is 18.2 Å². The standard InChI is InChI=1S/C14H18BrNO3/c1-10-9-19-13(7-15)8-16(10)14(18)6-11-3-2-4-12(17)5-11/h2-5,10,13,17H,6-9H2,1H3. The van der Waals surface area contributed by atoms with Crippen LogP contribution in [0.5, 0.6) is 5.75 Å². The lowest BCUT2D eigenvalue weighted by Crippen LogP contribution is -2.52. The van der Waals surface area contributed by atoms with Gasteiger partial charge in [0.2, 0.25) is 5.91 Å². The summed E-state index contributed by atoms with van der Waals surface area (Å²) >= 11 is 3.39. The van der Waals surface area contributed by atoms with Crippen molar-refractivity contribution in [3.63, 3.8) is 0 Å². The van der Waals surface area contributed by atoms with Gasteiger partial charge >= 0.3 is 0 Å². The van der Waals surface area contributed by atoms with E-state index in [2.05, 4.69) is 15.9 Å². The molecule has 1 fully saturated rings. The molecule has 1 aliphatic rings. The summed E-state index contributed by atoms with van der Waals surface area (Å²) in [5.74, 6) is 0.269. The van der Waals surface area contributed by atoms with Crippen LogP contribution in [0.2, 0.25) is 0 Å². The van der Waals surface area contributed by atoms with E-state index < -0.39 is 0 Å². The number of nitrogens with zero attached hydrogens (tertiary/aromatic N) is 1. The topological polar surface area (TPSA) is 49.8 Å². The molecule has 0 saturated carbocycles. The van der Waals surface area contributed by atoms with Gasteiger partial charge in [-0.05, 0) is 24.6 Å². The van der Waals surface area contributed by atoms with Crippen molar-refractivity contribution in [1.29, 1.82) is 0 Å². The van der Waals surface area contributed by atoms with Crippen molar-refractivity contribution >= 4 is 21.8 Å². The van der Waals surface area contributed by atoms with E-state index in [-0.39, 0.29) is 23.8 Å². The first-order chi connectivity index (χ1) is 9.10. The van der Waals surface area contributed by atoms with Crippen molar-refractivity contribution in [2.24, 2.45) is 0 Å². The van der Waals surface area contributed by atoms with Crippen molar-refractivity contribution < 1.29 is 14.6 Å². The number of benzene rings is 1. The van der Waals surface area contributed by atoms with Gasteiger partial charge in [0, 0.05) is 11.9 Å². The van der Waals surface area contributed by atoms with E-state index in [1.807, 2.05) is 17.9 Å². The summed E-state index contributed by atoms with van der Waals surface area (Å²) in [6.45, 7) is 3.18. The molecule has 0 radical (unpaired) electrons. The molecule has 0 spiro atoms. The smallest absolute Gasteiger partial charge is 0.227 e. The van der Waals surface area contributed by atoms with E-state index in [0.717, 1.165) is 10.9 Å². The number of hydrogen-bond donors (Lipinski definition) is 1. The number of phenols is 1. The van der Waals surface area contributed by atoms with Crippen LogP contribution in [-0.2, 0) is 16.0 Å². The van der Waals surface area contributed by atoms with Gasteiger partial charge in [-0.1, -0.05) is 28.1 Å². The minimum Gasteiger partial charge on any atom is -0.508 e. The van der Waals surface area contributed by atoms with Crippen molar-refractivity contribution in [3.8, 4) is 5.75 Å². The number of aromatic hydroxyl groups is 1. The minimum atomic E-state index is 0.0596. The zero-order valence-electron chi connectivity index (χ0n) is 10.9. The number of alkyl halides is 1. The minimum absolute atomic E-state index is 0.0596. The summed E-state index contributed by atoms with van der Waals surface area (Å²) in [4.78, 5) is 14.2. The monoisotopic (exact) mass is 327 g/mol. The molecule has 2 unspecified atom stereocenters. The molecule has 4 nitrogen and oxygen atoms in total. The van der Waals surface area contributed by atoms with Gasteiger partial charge in [-0.25, -0.2) is 0 Å². The van der Waals surface area contributed by atoms with Gasteiger partial charge < -0.3 is 14.7 Å². The van der Waals surface area contributed by atoms with E-state index in [4.69, 9.17) is 4.74 Å². The number of amides is 1. The number of hydrogen-bond acceptors (Lipinski definition) is 3. The Morgan fingerprint density at radius 3 is 3.05 bits per heavy atom. The van der Waals surface area contributed by atoms with Crippen LogP contribution in [-0.4, -0.2) is 46.5 Å². The summed E-state index contributed by atoms with van der Waals surface area (Å²) in [5.41, 5.74) is 0.832. The molecule has 19 heavy (non-hydrogen) atoms. The number of phenolic OH excluding ortho intramolecular Hbond substituents is 1. The lowest BCUT2D eigenvalue weighted by Gasteiger charge is -2.37. The fraction of sp³-hybridized carbons (Fsp3) is 0.500. The molecule has 2 atom stereocenters. The third-order valence-electron chi connectivity index (χ3n) is 3.26. The average molecular weight is 328 g/mol. The van der Waals surface area contributed by atoms with Gasteiger partial charge in [-0.3, -0.25) is 4.79 Å². The molecule has 1 saturated heterocycles. The second-order valence-electron chi connectivity index (χ2n) is 4.85. The molecule has 0 aromatic heterocycles. The van der Waals surface area contributed by atoms with Gasteiger partial charge in [0.1, 0.15) is 5.75 Å². The molecule has 5 heteroatoms. The second-order valence-corrected chi connectivity index (χ2v) is 5.50. The number of halogens is 1. The van der Waals surface area contributed by atoms with Crippen LogP contribution < -0.4 is 0 Å². The molecule has 1 aliphatic heterocycles. The average Bonchev–Trinajstić information content (AvgIpc) is 2.39. The fourth-order valence-electron chi connectivity index (χ4n) is 2.20. The largest absolute Gasteiger partial charge is 0.508 e. The quantitative estimate of drug-likeness (QED) is 0.863. The highest BCUT2D eigenvalue weighted by molar-refractivity contribution is 9.09. The van der Waals surface area contributed by atoms with Crippen molar-refractivity contribution in [1.82, 2.24) is 4.90 Å². The zero-order chi connectivity index (χ0) is 13.8. The number of rotatable bonds is 3. The van der Waals surface area contributed by atoms with Gasteiger partial charge in [0.05, 0.1) is 25.2 Å². The molecule has 1 aromatic carbocycles. The van der Waals surface area contributed by atoms with Crippen LogP contribution in [0, 0.1) is 0 Å². The molecule has 104 valence electrons. The molecular formula is C14H18BrNO3. The first-order valence-corrected chi connectivity index (χ1v) is 7.47. The summed E-state index contributed by atoms with van der Waals surface area (Å²) in [5, 5.41) is 10.1. The SMILES string of the molecule is CC1COC(CBr)CN1C(=O)Cc1cccc(O)c1. The highest BCUT2D eigenvalue weighted by Crippen LogP contribution is 2.17. The van der Waals surface area contributed by atoms with Crippen LogP contribution in [0.1, 0.15) is 12.5 Å². The van der Waals surface area contributed by atoms with Crippen LogP contribution >= 0.6 is 15.9 Å². The van der Waals surface area contributed by atoms with E-state index in [9.17, 15) is 9.90 Å². The van der Waals surface area contributed by atoms with Crippen molar-refractivity contribution in [3.05, 3.63) is 29.8 Å². The third kappa shape index (κ3) is 3.70. The molecule has 1 N–H and O–H groups in total. The van der Waals surface area contributed by atoms with Crippen LogP contribution in [0.4, 0.5) is 0 Å². The maximum Gasteiger partial charge on any atom is 0.227 e. The summed E-state index contributed by atoms with van der Waals surface area (Å²) in [6, 6.07) is 6.93. The molecule has 1 amide bonds. The number of carbonyl (C=O) groups is 1. The number of ether oxygens (including phenoxy) is 1. The van der Waals surface area contributed by atoms with E-state index in [1.165, 1.54) is 0 Å². The molecule has 2 rings (SSSR count). The van der Waals surface area contributed by atoms with Crippen molar-refractivity contribution in [2.75, 3.05) is 18.5 Å². The van der Waals surface area contributed by atoms with Gasteiger partial charge in [0.15, 0.2) is 0 Å². The first kappa shape index (κ1) is 14.3. The molecular weight excluding hydrogens is 310 g/mol. The summed E-state index contributed by atoms with van der Waals surface area (Å²) in [7, 11) is 0. The zero-order valence-corrected chi connectivity index (χ0v) is 12.5. The van der Waals surface area contributed by atoms with Gasteiger partial charge in [-0.15, -0.1) is 0 Å². The Morgan fingerprint density at radius 1 is 1.58 bits per heavy atom. The molecule has 1 heterocycles. The maximum atomic E-state index is 12.3. The molecule has 0 aliphatic carbocycles. The highest BCUT2D eigenvalue weighted by Gasteiger charge is 2.28. The predicted molar refractivity (Wildman–Crippen MR) is 76.5 cm³/mol. The highest BCUT2D eigenvalue weighted by atomic mass is 79.9.